The van der Waals surface area contributed by atoms with Gasteiger partial charge < -0.3 is 19.5 Å². The molecule has 1 fully saturated rings. The number of hydrogen-bond acceptors (Lipinski definition) is 4. The van der Waals surface area contributed by atoms with E-state index in [9.17, 15) is 27.9 Å². The van der Waals surface area contributed by atoms with Crippen molar-refractivity contribution in [1.29, 1.82) is 0 Å². The van der Waals surface area contributed by atoms with Crippen LogP contribution in [-0.4, -0.2) is 68.1 Å². The Morgan fingerprint density at radius 1 is 1.38 bits per heavy atom. The van der Waals surface area contributed by atoms with Crippen molar-refractivity contribution in [3.8, 4) is 0 Å². The van der Waals surface area contributed by atoms with Gasteiger partial charge in [0.1, 0.15) is 18.6 Å². The summed E-state index contributed by atoms with van der Waals surface area (Å²) in [5, 5.41) is 9.30. The molecule has 9 heteroatoms. The second kappa shape index (κ2) is 7.08. The summed E-state index contributed by atoms with van der Waals surface area (Å²) in [6, 6.07) is 0. The average molecular weight is 313 g/mol. The van der Waals surface area contributed by atoms with E-state index in [1.54, 1.807) is 0 Å². The lowest BCUT2D eigenvalue weighted by atomic mass is 9.80. The molecule has 0 spiro atoms. The highest BCUT2D eigenvalue weighted by Gasteiger charge is 2.43. The molecule has 0 bridgehead atoms. The summed E-state index contributed by atoms with van der Waals surface area (Å²) < 4.78 is 45.0. The van der Waals surface area contributed by atoms with Crippen molar-refractivity contribution in [2.45, 2.75) is 19.0 Å². The van der Waals surface area contributed by atoms with Crippen LogP contribution >= 0.6 is 0 Å². The van der Waals surface area contributed by atoms with E-state index in [1.165, 1.54) is 12.0 Å². The van der Waals surface area contributed by atoms with Crippen molar-refractivity contribution in [2.75, 3.05) is 40.0 Å². The molecule has 0 radical (unpaired) electrons. The molecule has 1 atom stereocenters. The summed E-state index contributed by atoms with van der Waals surface area (Å²) in [5.41, 5.74) is -1.22. The number of nitrogens with zero attached hydrogens (tertiary/aromatic N) is 1. The van der Waals surface area contributed by atoms with Crippen molar-refractivity contribution >= 4 is 11.9 Å². The SMILES string of the molecule is COCC1(C(=O)O)CCCN(C(=O)COCC(F)(F)F)C1. The number of carbonyl (C=O) groups excluding carboxylic acids is 1. The fraction of sp³-hybridized carbons (Fsp3) is 0.833. The summed E-state index contributed by atoms with van der Waals surface area (Å²) in [5.74, 6) is -1.74. The predicted octanol–water partition coefficient (Wildman–Crippen LogP) is 0.905. The molecule has 0 aromatic rings. The third-order valence-corrected chi connectivity index (χ3v) is 3.30. The Kier molecular flexibility index (Phi) is 5.97. The van der Waals surface area contributed by atoms with Gasteiger partial charge in [-0.25, -0.2) is 0 Å². The zero-order valence-corrected chi connectivity index (χ0v) is 11.6. The minimum absolute atomic E-state index is 0.0600. The van der Waals surface area contributed by atoms with Crippen LogP contribution in [-0.2, 0) is 19.1 Å². The minimum Gasteiger partial charge on any atom is -0.481 e. The first kappa shape index (κ1) is 17.7. The van der Waals surface area contributed by atoms with Crippen LogP contribution in [0.15, 0.2) is 0 Å². The molecule has 1 heterocycles. The monoisotopic (exact) mass is 313 g/mol. The Labute approximate surface area is 119 Å². The molecule has 1 unspecified atom stereocenters. The number of rotatable bonds is 6. The van der Waals surface area contributed by atoms with Crippen molar-refractivity contribution in [1.82, 2.24) is 4.90 Å². The van der Waals surface area contributed by atoms with Crippen molar-refractivity contribution in [2.24, 2.45) is 5.41 Å². The number of ether oxygens (including phenoxy) is 2. The van der Waals surface area contributed by atoms with Crippen LogP contribution in [0.4, 0.5) is 13.2 Å². The molecular formula is C12H18F3NO5. The molecule has 122 valence electrons. The number of hydrogen-bond donors (Lipinski definition) is 1. The molecule has 0 aromatic carbocycles. The zero-order valence-electron chi connectivity index (χ0n) is 11.6. The molecule has 6 nitrogen and oxygen atoms in total. The van der Waals surface area contributed by atoms with Crippen LogP contribution in [0.3, 0.4) is 0 Å². The van der Waals surface area contributed by atoms with Crippen LogP contribution in [0.1, 0.15) is 12.8 Å². The third kappa shape index (κ3) is 5.16. The van der Waals surface area contributed by atoms with E-state index in [0.717, 1.165) is 0 Å². The molecule has 0 aromatic heterocycles. The summed E-state index contributed by atoms with van der Waals surface area (Å²) in [6.45, 7) is -2.08. The fourth-order valence-corrected chi connectivity index (χ4v) is 2.32. The number of methoxy groups -OCH3 is 1. The van der Waals surface area contributed by atoms with Gasteiger partial charge in [-0.1, -0.05) is 0 Å². The molecule has 0 aliphatic carbocycles. The first-order chi connectivity index (χ1) is 9.70. The summed E-state index contributed by atoms with van der Waals surface area (Å²) in [7, 11) is 1.36. The van der Waals surface area contributed by atoms with Crippen LogP contribution in [0, 0.1) is 5.41 Å². The molecule has 0 saturated carbocycles. The van der Waals surface area contributed by atoms with E-state index in [2.05, 4.69) is 4.74 Å². The van der Waals surface area contributed by atoms with Crippen molar-refractivity contribution < 1.29 is 37.3 Å². The van der Waals surface area contributed by atoms with E-state index in [-0.39, 0.29) is 13.2 Å². The first-order valence-electron chi connectivity index (χ1n) is 6.35. The number of piperidine rings is 1. The van der Waals surface area contributed by atoms with Crippen LogP contribution < -0.4 is 0 Å². The predicted molar refractivity (Wildman–Crippen MR) is 64.6 cm³/mol. The summed E-state index contributed by atoms with van der Waals surface area (Å²) >= 11 is 0. The smallest absolute Gasteiger partial charge is 0.411 e. The highest BCUT2D eigenvalue weighted by molar-refractivity contribution is 5.80. The Hall–Kier alpha value is -1.35. The van der Waals surface area contributed by atoms with E-state index >= 15 is 0 Å². The Bertz CT molecular complexity index is 384. The summed E-state index contributed by atoms with van der Waals surface area (Å²) in [4.78, 5) is 24.4. The molecule has 1 saturated heterocycles. The number of amides is 1. The standard InChI is InChI=1S/C12H18F3NO5/c1-20-7-11(10(18)19)3-2-4-16(6-11)9(17)5-21-8-12(13,14)15/h2-8H2,1H3,(H,18,19). The molecule has 1 amide bonds. The Morgan fingerprint density at radius 2 is 2.05 bits per heavy atom. The van der Waals surface area contributed by atoms with Gasteiger partial charge in [0.2, 0.25) is 5.91 Å². The molecular weight excluding hydrogens is 295 g/mol. The molecule has 1 N–H and O–H groups in total. The lowest BCUT2D eigenvalue weighted by Gasteiger charge is -2.39. The molecule has 1 aliphatic heterocycles. The lowest BCUT2D eigenvalue weighted by molar-refractivity contribution is -0.179. The maximum absolute atomic E-state index is 11.9. The number of alkyl halides is 3. The Balaban J connectivity index is 2.58. The number of carboxylic acid groups (broad SMARTS) is 1. The number of halogens is 3. The van der Waals surface area contributed by atoms with E-state index in [1.807, 2.05) is 0 Å². The highest BCUT2D eigenvalue weighted by atomic mass is 19.4. The topological polar surface area (TPSA) is 76.1 Å². The molecule has 1 aliphatic rings. The second-order valence-electron chi connectivity index (χ2n) is 5.05. The van der Waals surface area contributed by atoms with E-state index in [4.69, 9.17) is 4.74 Å². The third-order valence-electron chi connectivity index (χ3n) is 3.30. The van der Waals surface area contributed by atoms with Gasteiger partial charge in [0.25, 0.3) is 0 Å². The van der Waals surface area contributed by atoms with Crippen LogP contribution in [0.25, 0.3) is 0 Å². The van der Waals surface area contributed by atoms with Gasteiger partial charge in [-0.2, -0.15) is 13.2 Å². The van der Waals surface area contributed by atoms with Gasteiger partial charge in [0, 0.05) is 20.2 Å². The molecule has 21 heavy (non-hydrogen) atoms. The van der Waals surface area contributed by atoms with Gasteiger partial charge in [0.15, 0.2) is 0 Å². The van der Waals surface area contributed by atoms with Crippen molar-refractivity contribution in [3.63, 3.8) is 0 Å². The lowest BCUT2D eigenvalue weighted by Crippen LogP contribution is -2.52. The largest absolute Gasteiger partial charge is 0.481 e. The first-order valence-corrected chi connectivity index (χ1v) is 6.35. The van der Waals surface area contributed by atoms with Gasteiger partial charge >= 0.3 is 12.1 Å². The number of likely N-dealkylation sites (tertiary alicyclic amines) is 1. The number of aliphatic carboxylic acids is 1. The van der Waals surface area contributed by atoms with Crippen molar-refractivity contribution in [3.05, 3.63) is 0 Å². The average Bonchev–Trinajstić information content (AvgIpc) is 2.37. The van der Waals surface area contributed by atoms with Gasteiger partial charge in [-0.3, -0.25) is 9.59 Å². The zero-order chi connectivity index (χ0) is 16.1. The normalized spacial score (nSPS) is 23.1. The quantitative estimate of drug-likeness (QED) is 0.788. The van der Waals surface area contributed by atoms with Gasteiger partial charge in [-0.15, -0.1) is 0 Å². The molecule has 1 rings (SSSR count). The fourth-order valence-electron chi connectivity index (χ4n) is 2.32. The maximum atomic E-state index is 11.9. The maximum Gasteiger partial charge on any atom is 0.411 e. The number of carboxylic acids is 1. The van der Waals surface area contributed by atoms with E-state index in [0.29, 0.717) is 19.4 Å². The summed E-state index contributed by atoms with van der Waals surface area (Å²) in [6.07, 6.45) is -3.70. The van der Waals surface area contributed by atoms with Gasteiger partial charge in [-0.05, 0) is 12.8 Å². The second-order valence-corrected chi connectivity index (χ2v) is 5.05. The van der Waals surface area contributed by atoms with E-state index < -0.39 is 36.7 Å². The Morgan fingerprint density at radius 3 is 2.57 bits per heavy atom. The van der Waals surface area contributed by atoms with Crippen LogP contribution in [0.2, 0.25) is 0 Å². The van der Waals surface area contributed by atoms with Crippen LogP contribution in [0.5, 0.6) is 0 Å². The van der Waals surface area contributed by atoms with Gasteiger partial charge in [0.05, 0.1) is 6.61 Å². The highest BCUT2D eigenvalue weighted by Crippen LogP contribution is 2.31. The number of carbonyl (C=O) groups is 2. The minimum atomic E-state index is -4.50.